The third-order valence-corrected chi connectivity index (χ3v) is 5.74. The van der Waals surface area contributed by atoms with E-state index in [1.165, 1.54) is 0 Å². The third kappa shape index (κ3) is 4.15. The molecule has 0 aliphatic carbocycles. The first-order valence-corrected chi connectivity index (χ1v) is 8.49. The molecule has 0 aromatic carbocycles. The van der Waals surface area contributed by atoms with Crippen molar-refractivity contribution in [3.05, 3.63) is 0 Å². The Morgan fingerprint density at radius 3 is 2.20 bits per heavy atom. The van der Waals surface area contributed by atoms with Gasteiger partial charge in [-0.3, -0.25) is 9.59 Å². The molecule has 1 fully saturated rings. The van der Waals surface area contributed by atoms with Crippen molar-refractivity contribution in [1.29, 1.82) is 5.26 Å². The fourth-order valence-corrected chi connectivity index (χ4v) is 4.34. The maximum absolute atomic E-state index is 12.6. The van der Waals surface area contributed by atoms with Gasteiger partial charge in [0.1, 0.15) is 10.9 Å². The Labute approximate surface area is 122 Å². The highest BCUT2D eigenvalue weighted by atomic mass is 32.2. The molecule has 0 unspecified atom stereocenters. The predicted molar refractivity (Wildman–Crippen MR) is 82.6 cm³/mol. The van der Waals surface area contributed by atoms with Crippen molar-refractivity contribution in [3.63, 3.8) is 0 Å². The quantitative estimate of drug-likeness (QED) is 0.734. The molecule has 20 heavy (non-hydrogen) atoms. The summed E-state index contributed by atoms with van der Waals surface area (Å²) in [4.78, 5) is 24.6. The molecule has 1 heterocycles. The van der Waals surface area contributed by atoms with Crippen molar-refractivity contribution in [2.75, 3.05) is 11.5 Å². The highest BCUT2D eigenvalue weighted by molar-refractivity contribution is 8.17. The highest BCUT2D eigenvalue weighted by Crippen LogP contribution is 2.27. The van der Waals surface area contributed by atoms with E-state index in [1.807, 2.05) is 13.8 Å². The Bertz CT molecular complexity index is 456. The lowest BCUT2D eigenvalue weighted by Gasteiger charge is -2.22. The standard InChI is InChI=1S/C14H23N3O2S/c1-9(2)12(17-14(19)10(3)16)13(18)11(8-15)20-6-4-5-7-20/h9-10,12H,4-7,16H2,1-3H3,(H,17,19)/t10-,12-/m0/s1. The minimum atomic E-state index is -0.663. The van der Waals surface area contributed by atoms with Gasteiger partial charge in [-0.15, -0.1) is 0 Å². The van der Waals surface area contributed by atoms with Crippen molar-refractivity contribution in [2.24, 2.45) is 11.7 Å². The normalized spacial score (nSPS) is 18.4. The maximum atomic E-state index is 12.6. The van der Waals surface area contributed by atoms with Gasteiger partial charge in [-0.25, -0.2) is 0 Å². The molecule has 1 saturated heterocycles. The van der Waals surface area contributed by atoms with Gasteiger partial charge in [0.05, 0.1) is 12.1 Å². The monoisotopic (exact) mass is 297 g/mol. The first-order valence-electron chi connectivity index (χ1n) is 6.93. The number of Topliss-reactive ketones (excluding diaryl/α,β-unsaturated/α-hetero) is 1. The van der Waals surface area contributed by atoms with Gasteiger partial charge < -0.3 is 11.1 Å². The second-order valence-electron chi connectivity index (χ2n) is 5.43. The number of nitrogens with one attached hydrogen (secondary N) is 1. The van der Waals surface area contributed by atoms with Crippen LogP contribution in [0.15, 0.2) is 0 Å². The summed E-state index contributed by atoms with van der Waals surface area (Å²) in [5, 5.41) is 12.0. The molecule has 0 bridgehead atoms. The lowest BCUT2D eigenvalue weighted by atomic mass is 9.97. The molecule has 3 N–H and O–H groups in total. The number of hydrogen-bond acceptors (Lipinski definition) is 4. The second-order valence-corrected chi connectivity index (χ2v) is 7.64. The van der Waals surface area contributed by atoms with Crippen LogP contribution in [-0.2, 0) is 9.59 Å². The molecule has 6 heteroatoms. The molecule has 0 spiro atoms. The van der Waals surface area contributed by atoms with E-state index in [0.717, 1.165) is 24.3 Å². The van der Waals surface area contributed by atoms with Crippen LogP contribution < -0.4 is 11.1 Å². The number of nitriles is 1. The summed E-state index contributed by atoms with van der Waals surface area (Å²) in [5.41, 5.74) is 5.52. The van der Waals surface area contributed by atoms with Crippen LogP contribution in [0.1, 0.15) is 33.6 Å². The Hall–Kier alpha value is -1.19. The first kappa shape index (κ1) is 16.9. The summed E-state index contributed by atoms with van der Waals surface area (Å²) in [6.07, 6.45) is 2.14. The predicted octanol–water partition coefficient (Wildman–Crippen LogP) is 0.802. The van der Waals surface area contributed by atoms with Crippen LogP contribution in [0.25, 0.3) is 0 Å². The zero-order valence-electron chi connectivity index (χ0n) is 12.3. The number of nitrogens with zero attached hydrogens (tertiary/aromatic N) is 1. The first-order chi connectivity index (χ1) is 9.38. The number of carbonyl (C=O) groups excluding carboxylic acids is 2. The van der Waals surface area contributed by atoms with Gasteiger partial charge in [0.15, 0.2) is 0 Å². The van der Waals surface area contributed by atoms with Crippen LogP contribution >= 0.6 is 10.5 Å². The van der Waals surface area contributed by atoms with Crippen LogP contribution in [0.3, 0.4) is 0 Å². The largest absolute Gasteiger partial charge is 0.344 e. The average molecular weight is 297 g/mol. The summed E-state index contributed by atoms with van der Waals surface area (Å²) in [6.45, 7) is 5.29. The Morgan fingerprint density at radius 2 is 1.80 bits per heavy atom. The number of hydrogen-bond donors (Lipinski definition) is 2. The van der Waals surface area contributed by atoms with E-state index < -0.39 is 12.1 Å². The SMILES string of the molecule is CC(C)[C@H](NC(=O)[C@H](C)N)C(=O)C(C#N)=S1CCCC1. The average Bonchev–Trinajstić information content (AvgIpc) is 2.89. The molecule has 0 aromatic heterocycles. The molecule has 1 aliphatic rings. The van der Waals surface area contributed by atoms with Crippen molar-refractivity contribution < 1.29 is 9.59 Å². The molecule has 112 valence electrons. The molecule has 2 atom stereocenters. The van der Waals surface area contributed by atoms with E-state index in [1.54, 1.807) is 6.92 Å². The molecule has 5 nitrogen and oxygen atoms in total. The Balaban J connectivity index is 2.97. The number of ketones is 1. The van der Waals surface area contributed by atoms with Gasteiger partial charge in [0.2, 0.25) is 11.7 Å². The van der Waals surface area contributed by atoms with Gasteiger partial charge in [0.25, 0.3) is 0 Å². The van der Waals surface area contributed by atoms with Crippen LogP contribution in [0.4, 0.5) is 0 Å². The van der Waals surface area contributed by atoms with Gasteiger partial charge in [-0.1, -0.05) is 13.8 Å². The van der Waals surface area contributed by atoms with Crippen LogP contribution in [-0.4, -0.2) is 40.1 Å². The van der Waals surface area contributed by atoms with Gasteiger partial charge in [-0.2, -0.15) is 15.7 Å². The lowest BCUT2D eigenvalue weighted by Crippen LogP contribution is -2.51. The smallest absolute Gasteiger partial charge is 0.237 e. The molecule has 1 rings (SSSR count). The summed E-state index contributed by atoms with van der Waals surface area (Å²) < 4.78 is 0. The van der Waals surface area contributed by atoms with Gasteiger partial charge >= 0.3 is 0 Å². The second kappa shape index (κ2) is 7.55. The summed E-state index contributed by atoms with van der Waals surface area (Å²) >= 11 is 0. The van der Waals surface area contributed by atoms with E-state index in [0.29, 0.717) is 4.86 Å². The number of carbonyl (C=O) groups is 2. The molecular weight excluding hydrogens is 274 g/mol. The highest BCUT2D eigenvalue weighted by Gasteiger charge is 2.29. The summed E-state index contributed by atoms with van der Waals surface area (Å²) in [5.74, 6) is 1.17. The number of nitrogens with two attached hydrogens (primary N) is 1. The molecule has 0 radical (unpaired) electrons. The molecule has 0 saturated carbocycles. The Kier molecular flexibility index (Phi) is 6.37. The minimum absolute atomic E-state index is 0.0697. The zero-order valence-corrected chi connectivity index (χ0v) is 13.1. The maximum Gasteiger partial charge on any atom is 0.237 e. The zero-order chi connectivity index (χ0) is 15.3. The fraction of sp³-hybridized carbons (Fsp3) is 0.714. The molecule has 0 aromatic rings. The molecular formula is C14H23N3O2S. The fourth-order valence-electron chi connectivity index (χ4n) is 2.08. The summed E-state index contributed by atoms with van der Waals surface area (Å²) in [7, 11) is -0.234. The van der Waals surface area contributed by atoms with E-state index in [2.05, 4.69) is 11.4 Å². The van der Waals surface area contributed by atoms with Crippen molar-refractivity contribution in [3.8, 4) is 6.07 Å². The number of rotatable bonds is 5. The van der Waals surface area contributed by atoms with Crippen molar-refractivity contribution in [1.82, 2.24) is 5.32 Å². The Morgan fingerprint density at radius 1 is 1.25 bits per heavy atom. The van der Waals surface area contributed by atoms with E-state index in [4.69, 9.17) is 5.73 Å². The van der Waals surface area contributed by atoms with E-state index in [9.17, 15) is 14.9 Å². The molecule has 1 amide bonds. The van der Waals surface area contributed by atoms with Crippen LogP contribution in [0.2, 0.25) is 0 Å². The summed E-state index contributed by atoms with van der Waals surface area (Å²) in [6, 6.07) is 0.759. The molecule has 1 aliphatic heterocycles. The van der Waals surface area contributed by atoms with Crippen molar-refractivity contribution >= 4 is 27.0 Å². The topological polar surface area (TPSA) is 96.0 Å². The van der Waals surface area contributed by atoms with Crippen LogP contribution in [0.5, 0.6) is 0 Å². The van der Waals surface area contributed by atoms with Gasteiger partial charge in [-0.05, 0) is 37.2 Å². The van der Waals surface area contributed by atoms with E-state index in [-0.39, 0.29) is 28.1 Å². The lowest BCUT2D eigenvalue weighted by molar-refractivity contribution is -0.126. The number of amides is 1. The van der Waals surface area contributed by atoms with E-state index >= 15 is 0 Å². The third-order valence-electron chi connectivity index (χ3n) is 3.31. The van der Waals surface area contributed by atoms with Crippen molar-refractivity contribution in [2.45, 2.75) is 45.7 Å². The minimum Gasteiger partial charge on any atom is -0.344 e. The van der Waals surface area contributed by atoms with Gasteiger partial charge in [0, 0.05) is 0 Å². The van der Waals surface area contributed by atoms with Crippen LogP contribution in [0, 0.1) is 17.2 Å².